The molecule has 2 aromatic carbocycles. The van der Waals surface area contributed by atoms with Crippen molar-refractivity contribution in [1.29, 1.82) is 0 Å². The number of pyridine rings is 1. The molecule has 0 saturated heterocycles. The predicted molar refractivity (Wildman–Crippen MR) is 129 cm³/mol. The smallest absolute Gasteiger partial charge is 0.373 e. The number of carbonyl (C=O) groups excluding carboxylic acids is 2. The maximum atomic E-state index is 14.5. The summed E-state index contributed by atoms with van der Waals surface area (Å²) in [5, 5.41) is 6.86. The summed E-state index contributed by atoms with van der Waals surface area (Å²) < 4.78 is 53.7. The molecule has 13 heteroatoms. The first-order chi connectivity index (χ1) is 17.0. The average molecular weight is 523 g/mol. The summed E-state index contributed by atoms with van der Waals surface area (Å²) in [4.78, 5) is 32.5. The van der Waals surface area contributed by atoms with Gasteiger partial charge in [0.15, 0.2) is 0 Å². The molecule has 188 valence electrons. The first kappa shape index (κ1) is 25.0. The summed E-state index contributed by atoms with van der Waals surface area (Å²) in [7, 11) is 3.29. The van der Waals surface area contributed by atoms with Crippen LogP contribution in [-0.2, 0) is 12.7 Å². The number of anilines is 5. The van der Waals surface area contributed by atoms with E-state index in [9.17, 15) is 27.2 Å². The van der Waals surface area contributed by atoms with Gasteiger partial charge in [0, 0.05) is 43.3 Å². The number of halogens is 5. The fourth-order valence-corrected chi connectivity index (χ4v) is 3.87. The Morgan fingerprint density at radius 1 is 1.11 bits per heavy atom. The van der Waals surface area contributed by atoms with Crippen molar-refractivity contribution in [3.63, 3.8) is 0 Å². The molecule has 0 unspecified atom stereocenters. The summed E-state index contributed by atoms with van der Waals surface area (Å²) >= 11 is 5.59. The second kappa shape index (κ2) is 9.53. The standard InChI is InChI=1S/C23H19ClF4N6O2/c1-29-20-9-19-12(10-30-20)11-34(22(36)33(19)2)14-4-6-17(25)18(8-14)32-21(35)31-13-3-5-16(24)15(7-13)23(26,27)28/h3-10H,11H2,1-2H3,(H,29,30)(H2,31,32,35). The van der Waals surface area contributed by atoms with E-state index >= 15 is 0 Å². The van der Waals surface area contributed by atoms with Gasteiger partial charge in [0.05, 0.1) is 28.5 Å². The minimum atomic E-state index is -4.72. The highest BCUT2D eigenvalue weighted by molar-refractivity contribution is 6.31. The van der Waals surface area contributed by atoms with Gasteiger partial charge in [-0.3, -0.25) is 9.80 Å². The molecule has 4 rings (SSSR count). The molecule has 2 heterocycles. The zero-order valence-corrected chi connectivity index (χ0v) is 19.6. The first-order valence-electron chi connectivity index (χ1n) is 10.4. The van der Waals surface area contributed by atoms with E-state index in [0.29, 0.717) is 17.6 Å². The minimum absolute atomic E-state index is 0.151. The number of fused-ring (bicyclic) bond motifs is 1. The fraction of sp³-hybridized carbons (Fsp3) is 0.174. The van der Waals surface area contributed by atoms with Crippen LogP contribution in [0.4, 0.5) is 55.7 Å². The summed E-state index contributed by atoms with van der Waals surface area (Å²) in [5.41, 5.74) is 0.100. The number of benzene rings is 2. The molecule has 1 aliphatic rings. The highest BCUT2D eigenvalue weighted by Crippen LogP contribution is 2.36. The Balaban J connectivity index is 1.55. The molecule has 1 aromatic heterocycles. The third kappa shape index (κ3) is 4.98. The highest BCUT2D eigenvalue weighted by atomic mass is 35.5. The SMILES string of the molecule is CNc1cc2c(cn1)CN(c1ccc(F)c(NC(=O)Nc3ccc(Cl)c(C(F)(F)F)c3)c1)C(=O)N2C. The number of carbonyl (C=O) groups is 2. The molecule has 0 saturated carbocycles. The number of nitrogens with one attached hydrogen (secondary N) is 3. The molecule has 8 nitrogen and oxygen atoms in total. The lowest BCUT2D eigenvalue weighted by Crippen LogP contribution is -2.45. The Kier molecular flexibility index (Phi) is 6.63. The Morgan fingerprint density at radius 2 is 1.86 bits per heavy atom. The molecule has 36 heavy (non-hydrogen) atoms. The van der Waals surface area contributed by atoms with Crippen molar-refractivity contribution < 1.29 is 27.2 Å². The van der Waals surface area contributed by atoms with E-state index in [2.05, 4.69) is 20.9 Å². The lowest BCUT2D eigenvalue weighted by molar-refractivity contribution is -0.137. The van der Waals surface area contributed by atoms with E-state index in [1.807, 2.05) is 0 Å². The quantitative estimate of drug-likeness (QED) is 0.358. The zero-order valence-electron chi connectivity index (χ0n) is 18.9. The zero-order chi connectivity index (χ0) is 26.2. The van der Waals surface area contributed by atoms with E-state index in [4.69, 9.17) is 11.6 Å². The van der Waals surface area contributed by atoms with Crippen molar-refractivity contribution in [2.75, 3.05) is 39.8 Å². The van der Waals surface area contributed by atoms with Gasteiger partial charge in [-0.25, -0.2) is 19.0 Å². The third-order valence-corrected chi connectivity index (χ3v) is 5.79. The largest absolute Gasteiger partial charge is 0.417 e. The van der Waals surface area contributed by atoms with E-state index in [0.717, 1.165) is 17.7 Å². The van der Waals surface area contributed by atoms with E-state index in [1.54, 1.807) is 26.4 Å². The summed E-state index contributed by atoms with van der Waals surface area (Å²) in [5.74, 6) is -0.219. The maximum absolute atomic E-state index is 14.5. The molecule has 0 spiro atoms. The van der Waals surface area contributed by atoms with Crippen LogP contribution >= 0.6 is 11.6 Å². The van der Waals surface area contributed by atoms with Crippen molar-refractivity contribution in [3.05, 3.63) is 70.6 Å². The number of rotatable bonds is 4. The Bertz CT molecular complexity index is 1350. The number of aromatic nitrogens is 1. The van der Waals surface area contributed by atoms with Gasteiger partial charge in [-0.05, 0) is 36.4 Å². The van der Waals surface area contributed by atoms with E-state index in [-0.39, 0.29) is 23.6 Å². The molecule has 1 aliphatic heterocycles. The molecule has 0 aliphatic carbocycles. The molecule has 3 N–H and O–H groups in total. The average Bonchev–Trinajstić information content (AvgIpc) is 2.83. The lowest BCUT2D eigenvalue weighted by Gasteiger charge is -2.35. The van der Waals surface area contributed by atoms with Gasteiger partial charge >= 0.3 is 18.2 Å². The van der Waals surface area contributed by atoms with Gasteiger partial charge in [0.1, 0.15) is 11.6 Å². The molecule has 0 atom stereocenters. The molecule has 0 radical (unpaired) electrons. The lowest BCUT2D eigenvalue weighted by atomic mass is 10.1. The van der Waals surface area contributed by atoms with Crippen molar-refractivity contribution in [2.45, 2.75) is 12.7 Å². The van der Waals surface area contributed by atoms with E-state index < -0.39 is 34.6 Å². The topological polar surface area (TPSA) is 89.6 Å². The monoisotopic (exact) mass is 522 g/mol. The number of nitrogens with zero attached hydrogens (tertiary/aromatic N) is 3. The minimum Gasteiger partial charge on any atom is -0.373 e. The second-order valence-corrected chi connectivity index (χ2v) is 8.22. The van der Waals surface area contributed by atoms with E-state index in [1.165, 1.54) is 28.0 Å². The van der Waals surface area contributed by atoms with Crippen LogP contribution in [0, 0.1) is 5.82 Å². The summed E-state index contributed by atoms with van der Waals surface area (Å²) in [6.07, 6.45) is -3.10. The van der Waals surface area contributed by atoms with Crippen LogP contribution in [0.3, 0.4) is 0 Å². The van der Waals surface area contributed by atoms with Gasteiger partial charge in [-0.15, -0.1) is 0 Å². The van der Waals surface area contributed by atoms with Crippen LogP contribution in [-0.4, -0.2) is 31.1 Å². The Morgan fingerprint density at radius 3 is 2.56 bits per heavy atom. The fourth-order valence-electron chi connectivity index (χ4n) is 3.65. The van der Waals surface area contributed by atoms with Gasteiger partial charge in [0.25, 0.3) is 0 Å². The number of hydrogen-bond acceptors (Lipinski definition) is 4. The molecule has 0 fully saturated rings. The van der Waals surface area contributed by atoms with Gasteiger partial charge in [0.2, 0.25) is 0 Å². The van der Waals surface area contributed by atoms with Gasteiger partial charge in [-0.1, -0.05) is 11.6 Å². The van der Waals surface area contributed by atoms with Gasteiger partial charge in [-0.2, -0.15) is 13.2 Å². The number of urea groups is 2. The van der Waals surface area contributed by atoms with Crippen LogP contribution in [0.5, 0.6) is 0 Å². The summed E-state index contributed by atoms with van der Waals surface area (Å²) in [6, 6.07) is 6.89. The van der Waals surface area contributed by atoms with Gasteiger partial charge < -0.3 is 16.0 Å². The third-order valence-electron chi connectivity index (χ3n) is 5.47. The number of hydrogen-bond donors (Lipinski definition) is 3. The Labute approximate surface area is 207 Å². The molecule has 3 aromatic rings. The maximum Gasteiger partial charge on any atom is 0.417 e. The molecule has 4 amide bonds. The van der Waals surface area contributed by atoms with Crippen molar-refractivity contribution in [2.24, 2.45) is 0 Å². The normalized spacial score (nSPS) is 13.4. The first-order valence-corrected chi connectivity index (χ1v) is 10.8. The van der Waals surface area contributed by atoms with Crippen molar-refractivity contribution in [3.8, 4) is 0 Å². The van der Waals surface area contributed by atoms with Crippen molar-refractivity contribution >= 4 is 52.2 Å². The molecule has 0 bridgehead atoms. The molecular formula is C23H19ClF4N6O2. The van der Waals surface area contributed by atoms with Crippen LogP contribution in [0.15, 0.2) is 48.7 Å². The van der Waals surface area contributed by atoms with Crippen LogP contribution < -0.4 is 25.8 Å². The van der Waals surface area contributed by atoms with Crippen LogP contribution in [0.25, 0.3) is 0 Å². The van der Waals surface area contributed by atoms with Crippen LogP contribution in [0.1, 0.15) is 11.1 Å². The van der Waals surface area contributed by atoms with Crippen LogP contribution in [0.2, 0.25) is 5.02 Å². The number of amides is 4. The van der Waals surface area contributed by atoms with Crippen molar-refractivity contribution in [1.82, 2.24) is 4.98 Å². The molecular weight excluding hydrogens is 504 g/mol. The number of alkyl halides is 3. The summed E-state index contributed by atoms with van der Waals surface area (Å²) in [6.45, 7) is 0.151. The highest BCUT2D eigenvalue weighted by Gasteiger charge is 2.33. The Hall–Kier alpha value is -4.06. The predicted octanol–water partition coefficient (Wildman–Crippen LogP) is 6.16. The second-order valence-electron chi connectivity index (χ2n) is 7.81.